The Morgan fingerprint density at radius 3 is 2.12 bits per heavy atom. The van der Waals surface area contributed by atoms with E-state index in [0.717, 1.165) is 11.6 Å². The molecule has 2 aromatic rings. The summed E-state index contributed by atoms with van der Waals surface area (Å²) in [5.41, 5.74) is 5.98. The Morgan fingerprint density at radius 1 is 1.04 bits per heavy atom. The summed E-state index contributed by atoms with van der Waals surface area (Å²) in [6, 6.07) is 9.12. The molecule has 0 aromatic heterocycles. The molecule has 0 fully saturated rings. The van der Waals surface area contributed by atoms with Gasteiger partial charge in [0.15, 0.2) is 0 Å². The van der Waals surface area contributed by atoms with E-state index >= 15 is 0 Å². The molecular formula is C18H20ClF3N2. The number of nitrogens with one attached hydrogen (secondary N) is 1. The summed E-state index contributed by atoms with van der Waals surface area (Å²) in [6.45, 7) is 6.77. The van der Waals surface area contributed by atoms with Gasteiger partial charge in [0.2, 0.25) is 0 Å². The third-order valence-corrected chi connectivity index (χ3v) is 3.78. The maximum atomic E-state index is 13.3. The summed E-state index contributed by atoms with van der Waals surface area (Å²) in [6.07, 6.45) is -4.53. The molecule has 3 N–H and O–H groups in total. The minimum Gasteiger partial charge on any atom is -0.399 e. The Balaban J connectivity index is 2.39. The fourth-order valence-electron chi connectivity index (χ4n) is 2.30. The van der Waals surface area contributed by atoms with Gasteiger partial charge in [0, 0.05) is 23.3 Å². The van der Waals surface area contributed by atoms with Gasteiger partial charge < -0.3 is 11.1 Å². The van der Waals surface area contributed by atoms with Crippen LogP contribution in [0.5, 0.6) is 0 Å². The predicted octanol–water partition coefficient (Wildman–Crippen LogP) is 5.50. The summed E-state index contributed by atoms with van der Waals surface area (Å²) >= 11 is 6.04. The number of hydrogen-bond acceptors (Lipinski definition) is 2. The molecule has 0 unspecified atom stereocenters. The lowest BCUT2D eigenvalue weighted by Crippen LogP contribution is -2.35. The molecule has 2 nitrogen and oxygen atoms in total. The highest BCUT2D eigenvalue weighted by molar-refractivity contribution is 6.33. The molecule has 0 aliphatic heterocycles. The van der Waals surface area contributed by atoms with Crippen molar-refractivity contribution in [3.8, 4) is 11.1 Å². The second-order valence-corrected chi connectivity index (χ2v) is 7.13. The van der Waals surface area contributed by atoms with Crippen molar-refractivity contribution in [1.29, 1.82) is 0 Å². The van der Waals surface area contributed by atoms with Crippen LogP contribution in [0.2, 0.25) is 5.02 Å². The average Bonchev–Trinajstić information content (AvgIpc) is 2.43. The zero-order chi connectivity index (χ0) is 18.1. The molecule has 0 bridgehead atoms. The van der Waals surface area contributed by atoms with Crippen LogP contribution in [0.3, 0.4) is 0 Å². The van der Waals surface area contributed by atoms with Gasteiger partial charge in [0.05, 0.1) is 10.6 Å². The second kappa shape index (κ2) is 6.65. The summed E-state index contributed by atoms with van der Waals surface area (Å²) in [4.78, 5) is 0. The molecule has 0 saturated carbocycles. The Hall–Kier alpha value is -1.72. The SMILES string of the molecule is CC(C)(C)NCc1ccc(-c2c(Cl)cc(N)cc2C(F)(F)F)cc1. The van der Waals surface area contributed by atoms with Crippen molar-refractivity contribution in [2.45, 2.75) is 39.0 Å². The first-order valence-corrected chi connectivity index (χ1v) is 7.86. The molecule has 0 radical (unpaired) electrons. The van der Waals surface area contributed by atoms with Crippen LogP contribution in [-0.4, -0.2) is 5.54 Å². The summed E-state index contributed by atoms with van der Waals surface area (Å²) in [5, 5.41) is 3.32. The van der Waals surface area contributed by atoms with Crippen LogP contribution in [0.1, 0.15) is 31.9 Å². The zero-order valence-electron chi connectivity index (χ0n) is 13.8. The lowest BCUT2D eigenvalue weighted by Gasteiger charge is -2.21. The Kier molecular flexibility index (Phi) is 5.16. The highest BCUT2D eigenvalue weighted by Gasteiger charge is 2.35. The maximum Gasteiger partial charge on any atom is 0.417 e. The van der Waals surface area contributed by atoms with Crippen molar-refractivity contribution in [2.75, 3.05) is 5.73 Å². The number of rotatable bonds is 3. The highest BCUT2D eigenvalue weighted by Crippen LogP contribution is 2.42. The molecule has 0 atom stereocenters. The van der Waals surface area contributed by atoms with Gasteiger partial charge in [0.1, 0.15) is 0 Å². The molecule has 2 aromatic carbocycles. The number of hydrogen-bond donors (Lipinski definition) is 2. The van der Waals surface area contributed by atoms with Crippen LogP contribution in [0.15, 0.2) is 36.4 Å². The number of nitrogen functional groups attached to an aromatic ring is 1. The molecule has 0 saturated heterocycles. The van der Waals surface area contributed by atoms with E-state index in [0.29, 0.717) is 12.1 Å². The van der Waals surface area contributed by atoms with Crippen LogP contribution in [0, 0.1) is 0 Å². The van der Waals surface area contributed by atoms with Crippen LogP contribution in [-0.2, 0) is 12.7 Å². The van der Waals surface area contributed by atoms with E-state index in [1.165, 1.54) is 6.07 Å². The lowest BCUT2D eigenvalue weighted by atomic mass is 9.97. The topological polar surface area (TPSA) is 38.0 Å². The zero-order valence-corrected chi connectivity index (χ0v) is 14.5. The normalized spacial score (nSPS) is 12.5. The van der Waals surface area contributed by atoms with Gasteiger partial charge in [0.25, 0.3) is 0 Å². The minimum absolute atomic E-state index is 0.0112. The molecule has 2 rings (SSSR count). The van der Waals surface area contributed by atoms with Crippen LogP contribution in [0.4, 0.5) is 18.9 Å². The molecule has 0 aliphatic rings. The molecule has 0 amide bonds. The van der Waals surface area contributed by atoms with Gasteiger partial charge in [-0.2, -0.15) is 13.2 Å². The lowest BCUT2D eigenvalue weighted by molar-refractivity contribution is -0.137. The molecule has 0 spiro atoms. The second-order valence-electron chi connectivity index (χ2n) is 6.72. The fourth-order valence-corrected chi connectivity index (χ4v) is 2.64. The molecule has 130 valence electrons. The van der Waals surface area contributed by atoms with Gasteiger partial charge >= 0.3 is 6.18 Å². The maximum absolute atomic E-state index is 13.3. The monoisotopic (exact) mass is 356 g/mol. The largest absolute Gasteiger partial charge is 0.417 e. The van der Waals surface area contributed by atoms with E-state index in [1.807, 2.05) is 20.8 Å². The third kappa shape index (κ3) is 4.65. The average molecular weight is 357 g/mol. The molecule has 24 heavy (non-hydrogen) atoms. The van der Waals surface area contributed by atoms with Crippen molar-refractivity contribution in [3.05, 3.63) is 52.5 Å². The smallest absolute Gasteiger partial charge is 0.399 e. The van der Waals surface area contributed by atoms with Crippen molar-refractivity contribution >= 4 is 17.3 Å². The van der Waals surface area contributed by atoms with E-state index in [1.54, 1.807) is 24.3 Å². The van der Waals surface area contributed by atoms with E-state index in [4.69, 9.17) is 17.3 Å². The Labute approximate surface area is 144 Å². The summed E-state index contributed by atoms with van der Waals surface area (Å²) in [5.74, 6) is 0. The number of nitrogens with two attached hydrogens (primary N) is 1. The minimum atomic E-state index is -4.53. The van der Waals surface area contributed by atoms with Crippen molar-refractivity contribution in [2.24, 2.45) is 0 Å². The van der Waals surface area contributed by atoms with Crippen molar-refractivity contribution in [1.82, 2.24) is 5.32 Å². The van der Waals surface area contributed by atoms with E-state index in [-0.39, 0.29) is 21.8 Å². The molecular weight excluding hydrogens is 337 g/mol. The van der Waals surface area contributed by atoms with Crippen LogP contribution in [0.25, 0.3) is 11.1 Å². The summed E-state index contributed by atoms with van der Waals surface area (Å²) < 4.78 is 39.9. The fraction of sp³-hybridized carbons (Fsp3) is 0.333. The van der Waals surface area contributed by atoms with Gasteiger partial charge in [-0.3, -0.25) is 0 Å². The van der Waals surface area contributed by atoms with Crippen molar-refractivity contribution < 1.29 is 13.2 Å². The first kappa shape index (κ1) is 18.6. The van der Waals surface area contributed by atoms with Gasteiger partial charge in [-0.15, -0.1) is 0 Å². The van der Waals surface area contributed by atoms with Crippen LogP contribution >= 0.6 is 11.6 Å². The van der Waals surface area contributed by atoms with Gasteiger partial charge in [-0.05, 0) is 44.0 Å². The quantitative estimate of drug-likeness (QED) is 0.713. The van der Waals surface area contributed by atoms with Gasteiger partial charge in [-0.25, -0.2) is 0 Å². The number of alkyl halides is 3. The first-order chi connectivity index (χ1) is 11.0. The molecule has 6 heteroatoms. The van der Waals surface area contributed by atoms with E-state index < -0.39 is 11.7 Å². The number of benzene rings is 2. The van der Waals surface area contributed by atoms with Crippen LogP contribution < -0.4 is 11.1 Å². The van der Waals surface area contributed by atoms with E-state index in [9.17, 15) is 13.2 Å². The number of anilines is 1. The van der Waals surface area contributed by atoms with Gasteiger partial charge in [-0.1, -0.05) is 35.9 Å². The Bertz CT molecular complexity index is 717. The standard InChI is InChI=1S/C18H20ClF3N2/c1-17(2,3)24-10-11-4-6-12(7-5-11)16-14(18(20,21)22)8-13(23)9-15(16)19/h4-9,24H,10,23H2,1-3H3. The first-order valence-electron chi connectivity index (χ1n) is 7.48. The highest BCUT2D eigenvalue weighted by atomic mass is 35.5. The third-order valence-electron chi connectivity index (χ3n) is 3.48. The van der Waals surface area contributed by atoms with E-state index in [2.05, 4.69) is 5.32 Å². The number of halogens is 4. The summed E-state index contributed by atoms with van der Waals surface area (Å²) in [7, 11) is 0. The molecule has 0 heterocycles. The van der Waals surface area contributed by atoms with Crippen molar-refractivity contribution in [3.63, 3.8) is 0 Å². The predicted molar refractivity (Wildman–Crippen MR) is 92.9 cm³/mol. The molecule has 0 aliphatic carbocycles. The Morgan fingerprint density at radius 2 is 1.62 bits per heavy atom.